The summed E-state index contributed by atoms with van der Waals surface area (Å²) in [6, 6.07) is 9.77. The number of hydrogen-bond acceptors (Lipinski definition) is 3. The fourth-order valence-electron chi connectivity index (χ4n) is 1.75. The fourth-order valence-corrected chi connectivity index (χ4v) is 2.03. The molecule has 0 heterocycles. The van der Waals surface area contributed by atoms with Crippen molar-refractivity contribution in [3.8, 4) is 11.5 Å². The second-order valence-corrected chi connectivity index (χ2v) is 5.02. The van der Waals surface area contributed by atoms with Crippen LogP contribution in [0, 0.1) is 0 Å². The van der Waals surface area contributed by atoms with Gasteiger partial charge in [0.05, 0.1) is 17.2 Å². The summed E-state index contributed by atoms with van der Waals surface area (Å²) in [7, 11) is 1.42. The van der Waals surface area contributed by atoms with E-state index in [-0.39, 0.29) is 12.2 Å². The Balaban J connectivity index is 2.14. The van der Waals surface area contributed by atoms with Crippen molar-refractivity contribution >= 4 is 29.2 Å². The number of methoxy groups -OCH3 is 1. The van der Waals surface area contributed by atoms with Crippen LogP contribution < -0.4 is 9.47 Å². The maximum Gasteiger partial charge on any atom is 0.339 e. The molecule has 4 nitrogen and oxygen atoms in total. The number of ether oxygens (including phenoxy) is 2. The number of hydrogen-bond donors (Lipinski definition) is 1. The molecule has 110 valence electrons. The SMILES string of the molecule is COc1ccc(COc2ccc(Cl)c(Cl)c2)cc1C(=O)O. The molecule has 0 fully saturated rings. The molecule has 0 aromatic heterocycles. The molecule has 0 spiro atoms. The maximum absolute atomic E-state index is 11.1. The highest BCUT2D eigenvalue weighted by atomic mass is 35.5. The van der Waals surface area contributed by atoms with Crippen LogP contribution in [0.2, 0.25) is 10.0 Å². The minimum Gasteiger partial charge on any atom is -0.496 e. The number of carboxylic acid groups (broad SMARTS) is 1. The molecule has 2 aromatic rings. The number of halogens is 2. The van der Waals surface area contributed by atoms with Crippen molar-refractivity contribution in [3.63, 3.8) is 0 Å². The molecule has 0 saturated carbocycles. The average Bonchev–Trinajstić information content (AvgIpc) is 2.48. The molecule has 6 heteroatoms. The van der Waals surface area contributed by atoms with Gasteiger partial charge >= 0.3 is 5.97 Å². The van der Waals surface area contributed by atoms with Crippen molar-refractivity contribution in [2.24, 2.45) is 0 Å². The summed E-state index contributed by atoms with van der Waals surface area (Å²) < 4.78 is 10.6. The number of aromatic carboxylic acids is 1. The van der Waals surface area contributed by atoms with Crippen molar-refractivity contribution in [1.29, 1.82) is 0 Å². The van der Waals surface area contributed by atoms with E-state index in [0.29, 0.717) is 27.1 Å². The van der Waals surface area contributed by atoms with Gasteiger partial charge in [-0.2, -0.15) is 0 Å². The molecule has 0 amide bonds. The normalized spacial score (nSPS) is 10.2. The minimum atomic E-state index is -1.05. The van der Waals surface area contributed by atoms with E-state index in [9.17, 15) is 4.79 Å². The van der Waals surface area contributed by atoms with Crippen LogP contribution in [-0.2, 0) is 6.61 Å². The molecule has 0 saturated heterocycles. The third-order valence-electron chi connectivity index (χ3n) is 2.79. The Morgan fingerprint density at radius 2 is 1.90 bits per heavy atom. The molecule has 0 aliphatic rings. The van der Waals surface area contributed by atoms with Crippen molar-refractivity contribution in [2.75, 3.05) is 7.11 Å². The number of carboxylic acids is 1. The van der Waals surface area contributed by atoms with E-state index in [1.165, 1.54) is 13.2 Å². The summed E-state index contributed by atoms with van der Waals surface area (Å²) in [4.78, 5) is 11.1. The van der Waals surface area contributed by atoms with Crippen LogP contribution in [0.3, 0.4) is 0 Å². The van der Waals surface area contributed by atoms with Crippen molar-refractivity contribution < 1.29 is 19.4 Å². The molecule has 0 aliphatic heterocycles. The fraction of sp³-hybridized carbons (Fsp3) is 0.133. The number of carbonyl (C=O) groups is 1. The predicted molar refractivity (Wildman–Crippen MR) is 80.7 cm³/mol. The Morgan fingerprint density at radius 1 is 1.14 bits per heavy atom. The zero-order valence-electron chi connectivity index (χ0n) is 11.1. The monoisotopic (exact) mass is 326 g/mol. The Bertz CT molecular complexity index is 671. The number of benzene rings is 2. The minimum absolute atomic E-state index is 0.0905. The molecule has 0 unspecified atom stereocenters. The topological polar surface area (TPSA) is 55.8 Å². The lowest BCUT2D eigenvalue weighted by atomic mass is 10.1. The first-order chi connectivity index (χ1) is 10.0. The van der Waals surface area contributed by atoms with Crippen LogP contribution in [0.25, 0.3) is 0 Å². The zero-order chi connectivity index (χ0) is 15.4. The van der Waals surface area contributed by atoms with Crippen LogP contribution in [0.5, 0.6) is 11.5 Å². The van der Waals surface area contributed by atoms with E-state index in [1.54, 1.807) is 30.3 Å². The van der Waals surface area contributed by atoms with Crippen LogP contribution in [0.4, 0.5) is 0 Å². The van der Waals surface area contributed by atoms with Gasteiger partial charge in [-0.1, -0.05) is 29.3 Å². The summed E-state index contributed by atoms with van der Waals surface area (Å²) >= 11 is 11.7. The molecule has 0 atom stereocenters. The highest BCUT2D eigenvalue weighted by molar-refractivity contribution is 6.42. The van der Waals surface area contributed by atoms with Crippen LogP contribution in [-0.4, -0.2) is 18.2 Å². The summed E-state index contributed by atoms with van der Waals surface area (Å²) in [6.07, 6.45) is 0. The first-order valence-electron chi connectivity index (χ1n) is 5.99. The average molecular weight is 327 g/mol. The lowest BCUT2D eigenvalue weighted by molar-refractivity contribution is 0.0693. The Hall–Kier alpha value is -1.91. The highest BCUT2D eigenvalue weighted by Gasteiger charge is 2.12. The van der Waals surface area contributed by atoms with Gasteiger partial charge in [-0.3, -0.25) is 0 Å². The summed E-state index contributed by atoms with van der Waals surface area (Å²) in [5.74, 6) is -0.193. The standard InChI is InChI=1S/C15H12Cl2O4/c1-20-14-5-2-9(6-11(14)15(18)19)8-21-10-3-4-12(16)13(17)7-10/h2-7H,8H2,1H3,(H,18,19). The van der Waals surface area contributed by atoms with E-state index in [0.717, 1.165) is 0 Å². The Kier molecular flexibility index (Phi) is 4.94. The molecule has 21 heavy (non-hydrogen) atoms. The van der Waals surface area contributed by atoms with Gasteiger partial charge in [0.25, 0.3) is 0 Å². The van der Waals surface area contributed by atoms with E-state index in [1.807, 2.05) is 0 Å². The van der Waals surface area contributed by atoms with Gasteiger partial charge in [-0.15, -0.1) is 0 Å². The molecular weight excluding hydrogens is 315 g/mol. The molecule has 0 bridgehead atoms. The van der Waals surface area contributed by atoms with Crippen molar-refractivity contribution in [3.05, 3.63) is 57.6 Å². The largest absolute Gasteiger partial charge is 0.496 e. The lowest BCUT2D eigenvalue weighted by Gasteiger charge is -2.10. The smallest absolute Gasteiger partial charge is 0.339 e. The second-order valence-electron chi connectivity index (χ2n) is 4.20. The Labute approximate surface area is 131 Å². The van der Waals surface area contributed by atoms with Crippen LogP contribution in [0.15, 0.2) is 36.4 Å². The van der Waals surface area contributed by atoms with Crippen molar-refractivity contribution in [2.45, 2.75) is 6.61 Å². The molecule has 0 radical (unpaired) electrons. The summed E-state index contributed by atoms with van der Waals surface area (Å²) in [6.45, 7) is 0.211. The van der Waals surface area contributed by atoms with Gasteiger partial charge in [-0.05, 0) is 29.8 Å². The van der Waals surface area contributed by atoms with E-state index in [4.69, 9.17) is 37.8 Å². The molecular formula is C15H12Cl2O4. The quantitative estimate of drug-likeness (QED) is 0.890. The highest BCUT2D eigenvalue weighted by Crippen LogP contribution is 2.27. The maximum atomic E-state index is 11.1. The third-order valence-corrected chi connectivity index (χ3v) is 3.53. The summed E-state index contributed by atoms with van der Waals surface area (Å²) in [5.41, 5.74) is 0.798. The molecule has 2 rings (SSSR count). The van der Waals surface area contributed by atoms with Gasteiger partial charge in [0.1, 0.15) is 23.7 Å². The predicted octanol–water partition coefficient (Wildman–Crippen LogP) is 4.28. The number of rotatable bonds is 5. The van der Waals surface area contributed by atoms with E-state index in [2.05, 4.69) is 0 Å². The second kappa shape index (κ2) is 6.70. The van der Waals surface area contributed by atoms with E-state index < -0.39 is 5.97 Å². The van der Waals surface area contributed by atoms with Crippen LogP contribution in [0.1, 0.15) is 15.9 Å². The first kappa shape index (κ1) is 15.5. The van der Waals surface area contributed by atoms with Gasteiger partial charge in [0.2, 0.25) is 0 Å². The third kappa shape index (κ3) is 3.80. The lowest BCUT2D eigenvalue weighted by Crippen LogP contribution is -2.03. The molecule has 1 N–H and O–H groups in total. The van der Waals surface area contributed by atoms with Gasteiger partial charge in [-0.25, -0.2) is 4.79 Å². The first-order valence-corrected chi connectivity index (χ1v) is 6.75. The molecule has 2 aromatic carbocycles. The van der Waals surface area contributed by atoms with Gasteiger partial charge in [0.15, 0.2) is 0 Å². The van der Waals surface area contributed by atoms with Crippen molar-refractivity contribution in [1.82, 2.24) is 0 Å². The Morgan fingerprint density at radius 3 is 2.52 bits per heavy atom. The zero-order valence-corrected chi connectivity index (χ0v) is 12.6. The van der Waals surface area contributed by atoms with Gasteiger partial charge < -0.3 is 14.6 Å². The summed E-state index contributed by atoms with van der Waals surface area (Å²) in [5, 5.41) is 9.96. The van der Waals surface area contributed by atoms with Crippen LogP contribution >= 0.6 is 23.2 Å². The van der Waals surface area contributed by atoms with E-state index >= 15 is 0 Å². The molecule has 0 aliphatic carbocycles. The van der Waals surface area contributed by atoms with Gasteiger partial charge in [0, 0.05) is 6.07 Å².